The third-order valence-corrected chi connectivity index (χ3v) is 3.39. The summed E-state index contributed by atoms with van der Waals surface area (Å²) in [4.78, 5) is 11.2. The van der Waals surface area contributed by atoms with E-state index in [1.807, 2.05) is 6.92 Å². The summed E-state index contributed by atoms with van der Waals surface area (Å²) < 4.78 is 4.65. The number of carbonyl (C=O) groups excluding carboxylic acids is 1. The quantitative estimate of drug-likeness (QED) is 0.729. The molecule has 0 heterocycles. The fourth-order valence-corrected chi connectivity index (χ4v) is 2.37. The van der Waals surface area contributed by atoms with Crippen LogP contribution in [-0.4, -0.2) is 24.3 Å². The smallest absolute Gasteiger partial charge is 0.308 e. The average molecular weight is 214 g/mol. The van der Waals surface area contributed by atoms with Gasteiger partial charge in [-0.1, -0.05) is 26.2 Å². The minimum atomic E-state index is -0.334. The van der Waals surface area contributed by atoms with Crippen LogP contribution in [0.2, 0.25) is 0 Å². The number of hydrogen-bond acceptors (Lipinski definition) is 3. The van der Waals surface area contributed by atoms with E-state index in [0.29, 0.717) is 12.3 Å². The Hall–Kier alpha value is -0.570. The van der Waals surface area contributed by atoms with Crippen molar-refractivity contribution in [1.29, 1.82) is 0 Å². The monoisotopic (exact) mass is 214 g/mol. The Bertz CT molecular complexity index is 197. The topological polar surface area (TPSA) is 46.5 Å². The minimum absolute atomic E-state index is 0.188. The molecule has 88 valence electrons. The van der Waals surface area contributed by atoms with Gasteiger partial charge in [-0.3, -0.25) is 4.79 Å². The second-order valence-electron chi connectivity index (χ2n) is 4.63. The maximum atomic E-state index is 11.2. The Morgan fingerprint density at radius 3 is 2.53 bits per heavy atom. The Morgan fingerprint density at radius 2 is 2.00 bits per heavy atom. The highest BCUT2D eigenvalue weighted by atomic mass is 16.5. The fourth-order valence-electron chi connectivity index (χ4n) is 2.37. The van der Waals surface area contributed by atoms with E-state index < -0.39 is 0 Å². The average Bonchev–Trinajstić information content (AvgIpc) is 2.29. The molecular formula is C12H22O3. The molecule has 0 bridgehead atoms. The number of ether oxygens (including phenoxy) is 1. The molecule has 0 spiro atoms. The molecule has 1 N–H and O–H groups in total. The summed E-state index contributed by atoms with van der Waals surface area (Å²) >= 11 is 0. The van der Waals surface area contributed by atoms with Gasteiger partial charge in [0.15, 0.2) is 0 Å². The molecule has 0 radical (unpaired) electrons. The van der Waals surface area contributed by atoms with Crippen LogP contribution in [0.3, 0.4) is 0 Å². The van der Waals surface area contributed by atoms with Crippen LogP contribution in [0.25, 0.3) is 0 Å². The van der Waals surface area contributed by atoms with Crippen molar-refractivity contribution in [2.75, 3.05) is 7.11 Å². The zero-order chi connectivity index (χ0) is 11.3. The lowest BCUT2D eigenvalue weighted by molar-refractivity contribution is -0.146. The maximum absolute atomic E-state index is 11.2. The molecule has 15 heavy (non-hydrogen) atoms. The Balaban J connectivity index is 2.33. The first kappa shape index (κ1) is 12.5. The van der Waals surface area contributed by atoms with Crippen LogP contribution in [0.4, 0.5) is 0 Å². The van der Waals surface area contributed by atoms with E-state index in [4.69, 9.17) is 0 Å². The van der Waals surface area contributed by atoms with Crippen molar-refractivity contribution in [3.8, 4) is 0 Å². The van der Waals surface area contributed by atoms with Crippen molar-refractivity contribution in [3.63, 3.8) is 0 Å². The van der Waals surface area contributed by atoms with E-state index >= 15 is 0 Å². The van der Waals surface area contributed by atoms with Crippen LogP contribution in [0.15, 0.2) is 0 Å². The second kappa shape index (κ2) is 6.11. The summed E-state index contributed by atoms with van der Waals surface area (Å²) in [5.41, 5.74) is 0. The summed E-state index contributed by atoms with van der Waals surface area (Å²) in [7, 11) is 1.39. The summed E-state index contributed by atoms with van der Waals surface area (Å²) in [5, 5.41) is 9.98. The number of aliphatic hydroxyl groups is 1. The molecule has 1 aliphatic carbocycles. The molecule has 0 amide bonds. The number of methoxy groups -OCH3 is 1. The number of carbonyl (C=O) groups is 1. The summed E-state index contributed by atoms with van der Waals surface area (Å²) in [6.07, 6.45) is 6.14. The SMILES string of the molecule is COC(=O)C(C)CC(O)C1CCCCC1. The van der Waals surface area contributed by atoms with E-state index in [0.717, 1.165) is 12.8 Å². The van der Waals surface area contributed by atoms with Gasteiger partial charge in [-0.2, -0.15) is 0 Å². The van der Waals surface area contributed by atoms with Gasteiger partial charge < -0.3 is 9.84 Å². The zero-order valence-electron chi connectivity index (χ0n) is 9.74. The first-order chi connectivity index (χ1) is 7.15. The van der Waals surface area contributed by atoms with Crippen LogP contribution in [0, 0.1) is 11.8 Å². The lowest BCUT2D eigenvalue weighted by Crippen LogP contribution is -2.27. The Morgan fingerprint density at radius 1 is 1.40 bits per heavy atom. The predicted octanol–water partition coefficient (Wildman–Crippen LogP) is 2.13. The first-order valence-corrected chi connectivity index (χ1v) is 5.91. The fraction of sp³-hybridized carbons (Fsp3) is 0.917. The molecule has 1 fully saturated rings. The van der Waals surface area contributed by atoms with Gasteiger partial charge in [0.25, 0.3) is 0 Å². The molecule has 0 aromatic heterocycles. The molecule has 0 aliphatic heterocycles. The highest BCUT2D eigenvalue weighted by molar-refractivity contribution is 5.71. The van der Waals surface area contributed by atoms with E-state index in [1.165, 1.54) is 26.4 Å². The number of hydrogen-bond donors (Lipinski definition) is 1. The molecule has 1 aliphatic rings. The van der Waals surface area contributed by atoms with E-state index in [2.05, 4.69) is 4.74 Å². The summed E-state index contributed by atoms with van der Waals surface area (Å²) in [6, 6.07) is 0. The van der Waals surface area contributed by atoms with E-state index in [1.54, 1.807) is 0 Å². The molecule has 0 aromatic rings. The lowest BCUT2D eigenvalue weighted by Gasteiger charge is -2.27. The van der Waals surface area contributed by atoms with Gasteiger partial charge in [0.1, 0.15) is 0 Å². The van der Waals surface area contributed by atoms with E-state index in [9.17, 15) is 9.90 Å². The largest absolute Gasteiger partial charge is 0.469 e. The lowest BCUT2D eigenvalue weighted by atomic mass is 9.82. The van der Waals surface area contributed by atoms with Crippen molar-refractivity contribution in [1.82, 2.24) is 0 Å². The van der Waals surface area contributed by atoms with Crippen LogP contribution in [0.5, 0.6) is 0 Å². The van der Waals surface area contributed by atoms with Gasteiger partial charge >= 0.3 is 5.97 Å². The third-order valence-electron chi connectivity index (χ3n) is 3.39. The highest BCUT2D eigenvalue weighted by Gasteiger charge is 2.25. The third kappa shape index (κ3) is 3.82. The molecule has 0 saturated heterocycles. The minimum Gasteiger partial charge on any atom is -0.469 e. The van der Waals surface area contributed by atoms with Crippen LogP contribution in [0.1, 0.15) is 45.4 Å². The second-order valence-corrected chi connectivity index (χ2v) is 4.63. The van der Waals surface area contributed by atoms with Gasteiger partial charge in [0, 0.05) is 0 Å². The van der Waals surface area contributed by atoms with E-state index in [-0.39, 0.29) is 18.0 Å². The van der Waals surface area contributed by atoms with Crippen LogP contribution >= 0.6 is 0 Å². The van der Waals surface area contributed by atoms with Crippen LogP contribution in [-0.2, 0) is 9.53 Å². The van der Waals surface area contributed by atoms with Gasteiger partial charge in [-0.05, 0) is 25.2 Å². The molecule has 3 nitrogen and oxygen atoms in total. The number of rotatable bonds is 4. The van der Waals surface area contributed by atoms with Crippen molar-refractivity contribution >= 4 is 5.97 Å². The van der Waals surface area contributed by atoms with Crippen molar-refractivity contribution < 1.29 is 14.6 Å². The molecule has 1 rings (SSSR count). The normalized spacial score (nSPS) is 22.1. The number of aliphatic hydroxyl groups excluding tert-OH is 1. The van der Waals surface area contributed by atoms with Gasteiger partial charge in [-0.15, -0.1) is 0 Å². The molecule has 3 heteroatoms. The Kier molecular flexibility index (Phi) is 5.09. The predicted molar refractivity (Wildman–Crippen MR) is 58.4 cm³/mol. The van der Waals surface area contributed by atoms with Gasteiger partial charge in [-0.25, -0.2) is 0 Å². The van der Waals surface area contributed by atoms with Gasteiger partial charge in [0.2, 0.25) is 0 Å². The highest BCUT2D eigenvalue weighted by Crippen LogP contribution is 2.29. The molecular weight excluding hydrogens is 192 g/mol. The summed E-state index contributed by atoms with van der Waals surface area (Å²) in [5.74, 6) is -0.0114. The number of esters is 1. The van der Waals surface area contributed by atoms with Crippen molar-refractivity contribution in [2.45, 2.75) is 51.6 Å². The summed E-state index contributed by atoms with van der Waals surface area (Å²) in [6.45, 7) is 1.82. The standard InChI is InChI=1S/C12H22O3/c1-9(12(14)15-2)8-11(13)10-6-4-3-5-7-10/h9-11,13H,3-8H2,1-2H3. The molecule has 1 saturated carbocycles. The van der Waals surface area contributed by atoms with Gasteiger partial charge in [0.05, 0.1) is 19.1 Å². The molecule has 2 atom stereocenters. The van der Waals surface area contributed by atoms with Crippen molar-refractivity contribution in [2.24, 2.45) is 11.8 Å². The maximum Gasteiger partial charge on any atom is 0.308 e. The first-order valence-electron chi connectivity index (χ1n) is 5.91. The molecule has 2 unspecified atom stereocenters. The van der Waals surface area contributed by atoms with Crippen LogP contribution < -0.4 is 0 Å². The Labute approximate surface area is 91.8 Å². The zero-order valence-corrected chi connectivity index (χ0v) is 9.74. The molecule has 0 aromatic carbocycles. The van der Waals surface area contributed by atoms with Crippen molar-refractivity contribution in [3.05, 3.63) is 0 Å².